The van der Waals surface area contributed by atoms with Gasteiger partial charge in [-0.2, -0.15) is 4.31 Å². The maximum atomic E-state index is 13.6. The van der Waals surface area contributed by atoms with Gasteiger partial charge in [-0.3, -0.25) is 4.79 Å². The lowest BCUT2D eigenvalue weighted by Gasteiger charge is -2.18. The Hall–Kier alpha value is -2.14. The van der Waals surface area contributed by atoms with Gasteiger partial charge in [0.2, 0.25) is 10.0 Å². The molecule has 1 fully saturated rings. The average molecular weight is 449 g/mol. The molecule has 0 aliphatic carbocycles. The third-order valence-corrected chi connectivity index (χ3v) is 6.74. The van der Waals surface area contributed by atoms with E-state index in [0.29, 0.717) is 5.56 Å². The molecular weight excluding hydrogens is 433 g/mol. The molecule has 0 bridgehead atoms. The normalized spacial score (nSPS) is 20.1. The van der Waals surface area contributed by atoms with E-state index in [-0.39, 0.29) is 16.1 Å². The fourth-order valence-electron chi connectivity index (χ4n) is 2.90. The Morgan fingerprint density at radius 3 is 2.52 bits per heavy atom. The summed E-state index contributed by atoms with van der Waals surface area (Å²) in [5.41, 5.74) is 0.118. The van der Waals surface area contributed by atoms with Crippen molar-refractivity contribution in [1.82, 2.24) is 4.31 Å². The number of sulfonamides is 1. The zero-order valence-electron chi connectivity index (χ0n) is 15.0. The molecule has 1 heterocycles. The Kier molecular flexibility index (Phi) is 5.91. The number of anilines is 1. The Bertz CT molecular complexity index is 1050. The molecule has 2 N–H and O–H groups in total. The first-order chi connectivity index (χ1) is 13.5. The standard InChI is InChI=1S/C18H16ClF3N2O4S/c1-9-2-3-10(18(26)23-11-5-12(19)17(22)13(20)6-11)4-16(9)29(27,28)24-7-14(21)15(25)8-24/h2-6,14-15,25H,7-8H2,1H3,(H,23,26). The number of benzene rings is 2. The van der Waals surface area contributed by atoms with Gasteiger partial charge in [-0.1, -0.05) is 17.7 Å². The monoisotopic (exact) mass is 448 g/mol. The van der Waals surface area contributed by atoms with Crippen molar-refractivity contribution in [2.24, 2.45) is 0 Å². The van der Waals surface area contributed by atoms with Crippen LogP contribution in [0.1, 0.15) is 15.9 Å². The first-order valence-electron chi connectivity index (χ1n) is 8.39. The van der Waals surface area contributed by atoms with Gasteiger partial charge >= 0.3 is 0 Å². The van der Waals surface area contributed by atoms with Crippen LogP contribution in [0, 0.1) is 18.6 Å². The summed E-state index contributed by atoms with van der Waals surface area (Å²) in [6, 6.07) is 5.58. The van der Waals surface area contributed by atoms with Crippen LogP contribution in [0.25, 0.3) is 0 Å². The number of hydrogen-bond acceptors (Lipinski definition) is 4. The van der Waals surface area contributed by atoms with E-state index in [1.165, 1.54) is 19.1 Å². The van der Waals surface area contributed by atoms with Crippen LogP contribution in [-0.2, 0) is 10.0 Å². The van der Waals surface area contributed by atoms with Gasteiger partial charge in [-0.15, -0.1) is 0 Å². The molecule has 2 aromatic rings. The molecule has 1 amide bonds. The number of β-amino-alcohol motifs (C(OH)–C–C–N with tert-alkyl or cyclic N) is 1. The van der Waals surface area contributed by atoms with E-state index < -0.39 is 58.0 Å². The van der Waals surface area contributed by atoms with Gasteiger partial charge in [-0.05, 0) is 30.7 Å². The average Bonchev–Trinajstić information content (AvgIpc) is 2.99. The van der Waals surface area contributed by atoms with Gasteiger partial charge in [0, 0.05) is 30.4 Å². The number of rotatable bonds is 4. The molecule has 1 aliphatic heterocycles. The molecule has 0 spiro atoms. The third kappa shape index (κ3) is 4.25. The maximum Gasteiger partial charge on any atom is 0.255 e. The molecule has 29 heavy (non-hydrogen) atoms. The Morgan fingerprint density at radius 1 is 1.24 bits per heavy atom. The first kappa shape index (κ1) is 21.6. The highest BCUT2D eigenvalue weighted by molar-refractivity contribution is 7.89. The summed E-state index contributed by atoms with van der Waals surface area (Å²) in [6.45, 7) is 0.614. The lowest BCUT2D eigenvalue weighted by Crippen LogP contribution is -2.30. The van der Waals surface area contributed by atoms with Gasteiger partial charge in [0.05, 0.1) is 9.92 Å². The van der Waals surface area contributed by atoms with Crippen molar-refractivity contribution in [2.45, 2.75) is 24.1 Å². The van der Waals surface area contributed by atoms with E-state index in [4.69, 9.17) is 11.6 Å². The van der Waals surface area contributed by atoms with Crippen LogP contribution in [-0.4, -0.2) is 49.1 Å². The number of amides is 1. The minimum atomic E-state index is -4.16. The van der Waals surface area contributed by atoms with Gasteiger partial charge < -0.3 is 10.4 Å². The summed E-state index contributed by atoms with van der Waals surface area (Å²) in [4.78, 5) is 12.2. The molecule has 0 saturated carbocycles. The quantitative estimate of drug-likeness (QED) is 0.704. The van der Waals surface area contributed by atoms with Crippen LogP contribution in [0.5, 0.6) is 0 Å². The largest absolute Gasteiger partial charge is 0.389 e. The minimum absolute atomic E-state index is 0.0772. The topological polar surface area (TPSA) is 86.7 Å². The fraction of sp³-hybridized carbons (Fsp3) is 0.278. The van der Waals surface area contributed by atoms with Gasteiger partial charge in [0.25, 0.3) is 5.91 Å². The van der Waals surface area contributed by atoms with Crippen molar-refractivity contribution >= 4 is 33.2 Å². The zero-order valence-corrected chi connectivity index (χ0v) is 16.6. The van der Waals surface area contributed by atoms with E-state index in [1.54, 1.807) is 0 Å². The predicted octanol–water partition coefficient (Wildman–Crippen LogP) is 2.88. The van der Waals surface area contributed by atoms with Crippen LogP contribution in [0.4, 0.5) is 18.9 Å². The van der Waals surface area contributed by atoms with E-state index in [0.717, 1.165) is 22.5 Å². The number of aryl methyl sites for hydroxylation is 1. The first-order valence-corrected chi connectivity index (χ1v) is 10.2. The Labute approximate surface area is 169 Å². The lowest BCUT2D eigenvalue weighted by molar-refractivity contribution is 0.102. The number of aliphatic hydroxyl groups excluding tert-OH is 1. The van der Waals surface area contributed by atoms with E-state index in [1.807, 2.05) is 0 Å². The number of alkyl halides is 1. The maximum absolute atomic E-state index is 13.6. The van der Waals surface area contributed by atoms with E-state index in [2.05, 4.69) is 5.32 Å². The van der Waals surface area contributed by atoms with Crippen molar-refractivity contribution in [3.05, 3.63) is 58.1 Å². The van der Waals surface area contributed by atoms with Gasteiger partial charge in [-0.25, -0.2) is 21.6 Å². The van der Waals surface area contributed by atoms with Crippen molar-refractivity contribution in [2.75, 3.05) is 18.4 Å². The SMILES string of the molecule is Cc1ccc(C(=O)Nc2cc(F)c(F)c(Cl)c2)cc1S(=O)(=O)N1CC(O)C(F)C1. The third-order valence-electron chi connectivity index (χ3n) is 4.50. The highest BCUT2D eigenvalue weighted by Crippen LogP contribution is 2.27. The van der Waals surface area contributed by atoms with E-state index in [9.17, 15) is 31.5 Å². The second-order valence-corrected chi connectivity index (χ2v) is 8.91. The molecule has 11 heteroatoms. The Balaban J connectivity index is 1.90. The van der Waals surface area contributed by atoms with Gasteiger partial charge in [0.15, 0.2) is 11.6 Å². The molecule has 2 atom stereocenters. The molecule has 6 nitrogen and oxygen atoms in total. The van der Waals surface area contributed by atoms with Crippen molar-refractivity contribution < 1.29 is 31.5 Å². The van der Waals surface area contributed by atoms with Crippen LogP contribution in [0.3, 0.4) is 0 Å². The predicted molar refractivity (Wildman–Crippen MR) is 100 cm³/mol. The van der Waals surface area contributed by atoms with Crippen molar-refractivity contribution in [3.63, 3.8) is 0 Å². The van der Waals surface area contributed by atoms with E-state index >= 15 is 0 Å². The number of halogens is 4. The fourth-order valence-corrected chi connectivity index (χ4v) is 4.82. The number of carbonyl (C=O) groups excluding carboxylic acids is 1. The van der Waals surface area contributed by atoms with Crippen molar-refractivity contribution in [3.8, 4) is 0 Å². The van der Waals surface area contributed by atoms with Crippen molar-refractivity contribution in [1.29, 1.82) is 0 Å². The molecule has 156 valence electrons. The summed E-state index contributed by atoms with van der Waals surface area (Å²) in [7, 11) is -4.16. The van der Waals surface area contributed by atoms with Crippen LogP contribution in [0.15, 0.2) is 35.2 Å². The second kappa shape index (κ2) is 7.94. The number of carbonyl (C=O) groups is 1. The zero-order chi connectivity index (χ0) is 21.5. The number of nitrogens with zero attached hydrogens (tertiary/aromatic N) is 1. The summed E-state index contributed by atoms with van der Waals surface area (Å²) < 4.78 is 66.7. The molecule has 2 aromatic carbocycles. The number of nitrogens with one attached hydrogen (secondary N) is 1. The molecule has 1 saturated heterocycles. The van der Waals surface area contributed by atoms with Crippen LogP contribution >= 0.6 is 11.6 Å². The summed E-state index contributed by atoms with van der Waals surface area (Å²) >= 11 is 5.55. The van der Waals surface area contributed by atoms with Crippen LogP contribution < -0.4 is 5.32 Å². The second-order valence-electron chi connectivity index (χ2n) is 6.59. The molecular formula is C18H16ClF3N2O4S. The lowest BCUT2D eigenvalue weighted by atomic mass is 10.1. The highest BCUT2D eigenvalue weighted by atomic mass is 35.5. The summed E-state index contributed by atoms with van der Waals surface area (Å²) in [6.07, 6.45) is -3.12. The molecule has 1 aliphatic rings. The molecule has 3 rings (SSSR count). The molecule has 0 aromatic heterocycles. The molecule has 2 unspecified atom stereocenters. The smallest absolute Gasteiger partial charge is 0.255 e. The summed E-state index contributed by atoms with van der Waals surface area (Å²) in [5.74, 6) is -3.30. The molecule has 0 radical (unpaired) electrons. The minimum Gasteiger partial charge on any atom is -0.389 e. The Morgan fingerprint density at radius 2 is 1.93 bits per heavy atom. The highest BCUT2D eigenvalue weighted by Gasteiger charge is 2.39. The summed E-state index contributed by atoms with van der Waals surface area (Å²) in [5, 5.41) is 11.3. The van der Waals surface area contributed by atoms with Crippen LogP contribution in [0.2, 0.25) is 5.02 Å². The van der Waals surface area contributed by atoms with Gasteiger partial charge in [0.1, 0.15) is 12.3 Å². The number of aliphatic hydroxyl groups is 1. The number of hydrogen-bond donors (Lipinski definition) is 2.